The van der Waals surface area contributed by atoms with Crippen LogP contribution >= 0.6 is 0 Å². The molecule has 0 spiro atoms. The lowest BCUT2D eigenvalue weighted by Gasteiger charge is -2.10. The predicted molar refractivity (Wildman–Crippen MR) is 518 cm³/mol. The standard InChI is InChI=1S/C41H27N3.C39H25N3.C35H23N3/c1-3-12-28(13-4-1)29-22-24-31(25-23-29)43-38-20-10-8-17-34(38)41-33(18-11-21-39(41)43)36-26-35-32-16-7-9-19-37(32)44(40(35)27-42-36)30-14-5-2-6-15-30;1-2-13-28(14-3-1)41-35-18-8-6-15-30(35)33-24-34(40-25-38(33)41)31-17-10-20-37-39(31)32-16-7-9-19-36(32)42(37)29-22-21-26-11-4-5-12-27(26)23-29;1-3-12-24(13-4-1)37-32-20-10-8-17-28(32)35-27(18-11-21-33(35)37)30-22-29-26-16-7-9-19-31(26)38(34(29)23-36-30)25-14-5-2-6-15-25/h1-27H;1-25H;1-23H. The van der Waals surface area contributed by atoms with Crippen LogP contribution in [0.25, 0.3) is 221 Å². The van der Waals surface area contributed by atoms with Crippen molar-refractivity contribution >= 4 is 142 Å². The second kappa shape index (κ2) is 29.6. The van der Waals surface area contributed by atoms with E-state index in [-0.39, 0.29) is 0 Å². The Hall–Kier alpha value is -16.8. The average Bonchev–Trinajstić information content (AvgIpc) is 1.57. The molecule has 0 aliphatic rings. The van der Waals surface area contributed by atoms with Crippen LogP contribution in [-0.4, -0.2) is 42.4 Å². The first-order valence-electron chi connectivity index (χ1n) is 42.2. The molecule has 0 N–H and O–H groups in total. The first-order chi connectivity index (χ1) is 61.6. The quantitative estimate of drug-likeness (QED) is 0.137. The fraction of sp³-hybridized carbons (Fsp3) is 0. The summed E-state index contributed by atoms with van der Waals surface area (Å²) in [6.45, 7) is 0. The minimum atomic E-state index is 0.974. The third kappa shape index (κ3) is 11.7. The number of fused-ring (bicyclic) bond motifs is 19. The molecule has 0 fully saturated rings. The van der Waals surface area contributed by atoms with Crippen molar-refractivity contribution in [2.75, 3.05) is 0 Å². The van der Waals surface area contributed by atoms with Gasteiger partial charge in [0.05, 0.1) is 102 Å². The van der Waals surface area contributed by atoms with Crippen LogP contribution in [0.3, 0.4) is 0 Å². The van der Waals surface area contributed by atoms with Crippen LogP contribution in [0.1, 0.15) is 0 Å². The van der Waals surface area contributed by atoms with Gasteiger partial charge in [-0.15, -0.1) is 0 Å². The summed E-state index contributed by atoms with van der Waals surface area (Å²) in [7, 11) is 0. The Balaban J connectivity index is 0.000000105. The van der Waals surface area contributed by atoms with E-state index in [1.807, 2.05) is 18.6 Å². The number of pyridine rings is 3. The molecule has 0 atom stereocenters. The molecule has 0 bridgehead atoms. The number of hydrogen-bond donors (Lipinski definition) is 0. The molecule has 0 radical (unpaired) electrons. The summed E-state index contributed by atoms with van der Waals surface area (Å²) in [6.07, 6.45) is 6.11. The second-order valence-electron chi connectivity index (χ2n) is 31.8. The van der Waals surface area contributed by atoms with Crippen LogP contribution in [-0.2, 0) is 0 Å². The van der Waals surface area contributed by atoms with Crippen molar-refractivity contribution in [3.05, 3.63) is 455 Å². The van der Waals surface area contributed by atoms with Crippen molar-refractivity contribution in [3.63, 3.8) is 0 Å². The third-order valence-corrected chi connectivity index (χ3v) is 24.9. The van der Waals surface area contributed by atoms with Crippen LogP contribution < -0.4 is 0 Å². The molecule has 0 aliphatic heterocycles. The van der Waals surface area contributed by atoms with Crippen molar-refractivity contribution in [2.45, 2.75) is 0 Å². The lowest BCUT2D eigenvalue weighted by Crippen LogP contribution is -1.94. The van der Waals surface area contributed by atoms with E-state index in [1.54, 1.807) is 0 Å². The largest absolute Gasteiger partial charge is 0.309 e. The number of hydrogen-bond acceptors (Lipinski definition) is 3. The SMILES string of the molecule is c1ccc(-c2ccc(-n3c4ccccc4c4c(-c5cc6c7ccccc7n(-c7ccccc7)c6cn5)cccc43)cc2)cc1.c1ccc(-n2c3ccccc3c3cc(-c4cccc5c4c4ccccc4n5-c4ccc5ccccc5c4)ncc32)cc1.c1ccc(-n2c3ccccc3c3cc(-c4cccc5c4c4ccccc4n5-c4ccccc4)ncc32)cc1. The van der Waals surface area contributed by atoms with Gasteiger partial charge < -0.3 is 27.4 Å². The van der Waals surface area contributed by atoms with E-state index in [1.165, 1.54) is 136 Å². The van der Waals surface area contributed by atoms with Crippen LogP contribution in [0, 0.1) is 0 Å². The summed E-state index contributed by atoms with van der Waals surface area (Å²) < 4.78 is 14.1. The summed E-state index contributed by atoms with van der Waals surface area (Å²) in [5.41, 5.74) is 29.6. The monoisotopic (exact) mass is 1580 g/mol. The van der Waals surface area contributed by atoms with Crippen LogP contribution in [0.15, 0.2) is 455 Å². The summed E-state index contributed by atoms with van der Waals surface area (Å²) in [4.78, 5) is 15.3. The highest BCUT2D eigenvalue weighted by molar-refractivity contribution is 6.21. The molecule has 0 unspecified atom stereocenters. The van der Waals surface area contributed by atoms with Crippen LogP contribution in [0.2, 0.25) is 0 Å². The highest BCUT2D eigenvalue weighted by Crippen LogP contribution is 2.46. The molecule has 580 valence electrons. The van der Waals surface area contributed by atoms with Crippen molar-refractivity contribution in [1.29, 1.82) is 0 Å². The number of benzene rings is 17. The maximum Gasteiger partial charge on any atom is 0.0724 e. The molecular formula is C115H75N9. The first kappa shape index (κ1) is 71.4. The minimum absolute atomic E-state index is 0.974. The van der Waals surface area contributed by atoms with E-state index in [4.69, 9.17) is 15.0 Å². The van der Waals surface area contributed by atoms with Gasteiger partial charge in [-0.2, -0.15) is 0 Å². The van der Waals surface area contributed by atoms with Gasteiger partial charge in [0.1, 0.15) is 0 Å². The molecule has 26 rings (SSSR count). The molecule has 0 amide bonds. The Labute approximate surface area is 713 Å². The van der Waals surface area contributed by atoms with Crippen molar-refractivity contribution in [2.24, 2.45) is 0 Å². The van der Waals surface area contributed by atoms with E-state index in [0.29, 0.717) is 0 Å². The van der Waals surface area contributed by atoms with E-state index in [2.05, 4.69) is 464 Å². The maximum absolute atomic E-state index is 5.11. The summed E-state index contributed by atoms with van der Waals surface area (Å²) in [5.74, 6) is 0. The van der Waals surface area contributed by atoms with Crippen LogP contribution in [0.4, 0.5) is 0 Å². The predicted octanol–water partition coefficient (Wildman–Crippen LogP) is 29.6. The zero-order valence-corrected chi connectivity index (χ0v) is 67.3. The summed E-state index contributed by atoms with van der Waals surface area (Å²) >= 11 is 0. The fourth-order valence-electron chi connectivity index (χ4n) is 19.5. The normalized spacial score (nSPS) is 11.7. The summed E-state index contributed by atoms with van der Waals surface area (Å²) in [5, 5.41) is 17.1. The first-order valence-corrected chi connectivity index (χ1v) is 42.2. The lowest BCUT2D eigenvalue weighted by atomic mass is 10.0. The number of rotatable bonds is 10. The van der Waals surface area contributed by atoms with Crippen molar-refractivity contribution < 1.29 is 0 Å². The Morgan fingerprint density at radius 3 is 0.750 bits per heavy atom. The Bertz CT molecular complexity index is 8650. The lowest BCUT2D eigenvalue weighted by molar-refractivity contribution is 1.17. The van der Waals surface area contributed by atoms with Gasteiger partial charge in [0.2, 0.25) is 0 Å². The zero-order valence-electron chi connectivity index (χ0n) is 67.3. The van der Waals surface area contributed by atoms with E-state index in [0.717, 1.165) is 84.4 Å². The van der Waals surface area contributed by atoms with Crippen molar-refractivity contribution in [3.8, 4) is 79.0 Å². The number of nitrogens with zero attached hydrogens (tertiary/aromatic N) is 9. The molecule has 9 aromatic heterocycles. The van der Waals surface area contributed by atoms with Gasteiger partial charge in [0.25, 0.3) is 0 Å². The molecule has 9 nitrogen and oxygen atoms in total. The molecule has 0 saturated carbocycles. The van der Waals surface area contributed by atoms with Gasteiger partial charge in [-0.3, -0.25) is 15.0 Å². The van der Waals surface area contributed by atoms with Gasteiger partial charge in [-0.05, 0) is 167 Å². The molecule has 26 aromatic rings. The Kier molecular flexibility index (Phi) is 17.1. The molecule has 0 aliphatic carbocycles. The molecule has 0 saturated heterocycles. The summed E-state index contributed by atoms with van der Waals surface area (Å²) in [6, 6.07) is 155. The molecule has 9 heteroatoms. The topological polar surface area (TPSA) is 68.2 Å². The van der Waals surface area contributed by atoms with E-state index >= 15 is 0 Å². The van der Waals surface area contributed by atoms with Crippen LogP contribution in [0.5, 0.6) is 0 Å². The van der Waals surface area contributed by atoms with E-state index in [9.17, 15) is 0 Å². The van der Waals surface area contributed by atoms with Gasteiger partial charge in [-0.25, -0.2) is 0 Å². The van der Waals surface area contributed by atoms with Crippen molar-refractivity contribution in [1.82, 2.24) is 42.4 Å². The Morgan fingerprint density at radius 1 is 0.145 bits per heavy atom. The second-order valence-corrected chi connectivity index (χ2v) is 31.8. The Morgan fingerprint density at radius 2 is 0.395 bits per heavy atom. The highest BCUT2D eigenvalue weighted by Gasteiger charge is 2.25. The number of aromatic nitrogens is 9. The van der Waals surface area contributed by atoms with Gasteiger partial charge in [-0.1, -0.05) is 291 Å². The van der Waals surface area contributed by atoms with Gasteiger partial charge >= 0.3 is 0 Å². The smallest absolute Gasteiger partial charge is 0.0724 e. The number of para-hydroxylation sites is 10. The van der Waals surface area contributed by atoms with E-state index < -0.39 is 0 Å². The molecular weight excluding hydrogens is 1510 g/mol. The van der Waals surface area contributed by atoms with Gasteiger partial charge in [0.15, 0.2) is 0 Å². The third-order valence-electron chi connectivity index (χ3n) is 24.9. The maximum atomic E-state index is 5.11. The van der Waals surface area contributed by atoms with Gasteiger partial charge in [0, 0.05) is 115 Å². The molecule has 124 heavy (non-hydrogen) atoms. The minimum Gasteiger partial charge on any atom is -0.309 e. The zero-order chi connectivity index (χ0) is 81.7. The molecule has 17 aromatic carbocycles. The highest BCUT2D eigenvalue weighted by atomic mass is 15.0. The molecule has 9 heterocycles. The fourth-order valence-corrected chi connectivity index (χ4v) is 19.5. The average molecular weight is 1580 g/mol.